The van der Waals surface area contributed by atoms with Gasteiger partial charge in [-0.2, -0.15) is 10.1 Å². The first-order valence-corrected chi connectivity index (χ1v) is 11.1. The lowest BCUT2D eigenvalue weighted by Crippen LogP contribution is -2.21. The third-order valence-corrected chi connectivity index (χ3v) is 5.33. The van der Waals surface area contributed by atoms with Crippen LogP contribution in [-0.4, -0.2) is 32.6 Å². The largest absolute Gasteiger partial charge is 0.494 e. The van der Waals surface area contributed by atoms with Gasteiger partial charge in [-0.25, -0.2) is 0 Å². The van der Waals surface area contributed by atoms with Crippen LogP contribution >= 0.6 is 0 Å². The lowest BCUT2D eigenvalue weighted by molar-refractivity contribution is -0.00115. The Hall–Kier alpha value is -3.65. The van der Waals surface area contributed by atoms with Crippen LogP contribution in [0.15, 0.2) is 59.1 Å². The van der Waals surface area contributed by atoms with Crippen molar-refractivity contribution in [3.05, 3.63) is 65.9 Å². The van der Waals surface area contributed by atoms with Crippen LogP contribution in [0.4, 0.5) is 0 Å². The van der Waals surface area contributed by atoms with E-state index in [0.717, 1.165) is 28.3 Å². The quantitative estimate of drug-likeness (QED) is 0.392. The fourth-order valence-electron chi connectivity index (χ4n) is 3.78. The molecule has 0 fully saturated rings. The number of hydrogen-bond acceptors (Lipinski definition) is 7. The van der Waals surface area contributed by atoms with Crippen molar-refractivity contribution in [1.82, 2.24) is 19.9 Å². The fourth-order valence-corrected chi connectivity index (χ4v) is 3.78. The molecule has 2 aromatic carbocycles. The summed E-state index contributed by atoms with van der Waals surface area (Å²) in [5.74, 6) is 2.55. The Kier molecular flexibility index (Phi) is 5.83. The summed E-state index contributed by atoms with van der Waals surface area (Å²) in [7, 11) is 0. The molecule has 0 amide bonds. The Morgan fingerprint density at radius 3 is 2.55 bits per heavy atom. The van der Waals surface area contributed by atoms with E-state index in [2.05, 4.69) is 10.1 Å². The highest BCUT2D eigenvalue weighted by Gasteiger charge is 2.24. The molecule has 5 rings (SSSR count). The van der Waals surface area contributed by atoms with Gasteiger partial charge in [-0.3, -0.25) is 4.68 Å². The smallest absolute Gasteiger partial charge is 0.278 e. The highest BCUT2D eigenvalue weighted by Crippen LogP contribution is 2.30. The number of ether oxygens (including phenoxy) is 3. The number of benzene rings is 2. The lowest BCUT2D eigenvalue weighted by atomic mass is 10.1. The molecule has 0 N–H and O–H groups in total. The lowest BCUT2D eigenvalue weighted by Gasteiger charge is -2.24. The summed E-state index contributed by atoms with van der Waals surface area (Å²) in [4.78, 5) is 4.54. The first-order chi connectivity index (χ1) is 16.1. The Bertz CT molecular complexity index is 1210. The van der Waals surface area contributed by atoms with Crippen molar-refractivity contribution in [2.75, 3.05) is 6.61 Å². The summed E-state index contributed by atoms with van der Waals surface area (Å²) in [5, 5.41) is 8.82. The summed E-state index contributed by atoms with van der Waals surface area (Å²) < 4.78 is 24.7. The van der Waals surface area contributed by atoms with E-state index in [9.17, 15) is 0 Å². The summed E-state index contributed by atoms with van der Waals surface area (Å²) in [5.41, 5.74) is 3.55. The van der Waals surface area contributed by atoms with E-state index in [0.29, 0.717) is 37.2 Å². The molecule has 0 bridgehead atoms. The van der Waals surface area contributed by atoms with Crippen molar-refractivity contribution in [2.24, 2.45) is 0 Å². The van der Waals surface area contributed by atoms with Crippen LogP contribution < -0.4 is 9.47 Å². The molecule has 0 saturated heterocycles. The molecule has 3 heterocycles. The number of nitrogens with zero attached hydrogens (tertiary/aromatic N) is 4. The minimum absolute atomic E-state index is 0.0780. The second-order valence-electron chi connectivity index (χ2n) is 8.12. The van der Waals surface area contributed by atoms with Gasteiger partial charge in [0.15, 0.2) is 5.69 Å². The third-order valence-electron chi connectivity index (χ3n) is 5.33. The minimum Gasteiger partial charge on any atom is -0.494 e. The topological polar surface area (TPSA) is 84.4 Å². The van der Waals surface area contributed by atoms with Gasteiger partial charge >= 0.3 is 0 Å². The first kappa shape index (κ1) is 21.2. The zero-order valence-corrected chi connectivity index (χ0v) is 18.9. The van der Waals surface area contributed by atoms with Gasteiger partial charge in [0.1, 0.15) is 17.6 Å². The van der Waals surface area contributed by atoms with Crippen LogP contribution in [0, 0.1) is 0 Å². The number of aromatic nitrogens is 4. The van der Waals surface area contributed by atoms with E-state index in [1.54, 1.807) is 0 Å². The Labute approximate surface area is 192 Å². The first-order valence-electron chi connectivity index (χ1n) is 11.1. The Morgan fingerprint density at radius 2 is 1.82 bits per heavy atom. The van der Waals surface area contributed by atoms with Crippen LogP contribution in [0.25, 0.3) is 23.0 Å². The van der Waals surface area contributed by atoms with E-state index in [1.807, 2.05) is 80.1 Å². The van der Waals surface area contributed by atoms with Crippen molar-refractivity contribution in [3.63, 3.8) is 0 Å². The number of rotatable bonds is 7. The molecule has 170 valence electrons. The molecule has 33 heavy (non-hydrogen) atoms. The van der Waals surface area contributed by atoms with Crippen molar-refractivity contribution in [1.29, 1.82) is 0 Å². The van der Waals surface area contributed by atoms with Crippen molar-refractivity contribution >= 4 is 0 Å². The van der Waals surface area contributed by atoms with Gasteiger partial charge in [0.2, 0.25) is 5.82 Å². The van der Waals surface area contributed by atoms with Gasteiger partial charge in [0.05, 0.1) is 31.6 Å². The maximum absolute atomic E-state index is 6.07. The molecule has 0 saturated carbocycles. The Morgan fingerprint density at radius 1 is 1.06 bits per heavy atom. The van der Waals surface area contributed by atoms with E-state index in [4.69, 9.17) is 23.8 Å². The molecule has 0 aliphatic carbocycles. The number of hydrogen-bond donors (Lipinski definition) is 0. The maximum atomic E-state index is 6.07. The molecule has 1 aliphatic rings. The van der Waals surface area contributed by atoms with Gasteiger partial charge in [0.25, 0.3) is 5.89 Å². The van der Waals surface area contributed by atoms with Gasteiger partial charge in [-0.05, 0) is 68.8 Å². The molecule has 1 atom stereocenters. The highest BCUT2D eigenvalue weighted by molar-refractivity contribution is 5.59. The maximum Gasteiger partial charge on any atom is 0.278 e. The zero-order valence-electron chi connectivity index (χ0n) is 18.9. The molecular weight excluding hydrogens is 420 g/mol. The van der Waals surface area contributed by atoms with Crippen LogP contribution in [0.2, 0.25) is 0 Å². The molecule has 1 unspecified atom stereocenters. The standard InChI is InChI=1S/C25H26N4O4/c1-4-30-20-9-5-17(6-10-20)23-14-29-19(15-31-23)13-22(27-29)25-26-24(28-33-25)18-7-11-21(12-8-18)32-16(2)3/h5-13,16,23H,4,14-15H2,1-3H3. The average molecular weight is 447 g/mol. The summed E-state index contributed by atoms with van der Waals surface area (Å²) >= 11 is 0. The van der Waals surface area contributed by atoms with E-state index >= 15 is 0 Å². The molecule has 0 radical (unpaired) electrons. The second kappa shape index (κ2) is 9.07. The molecule has 8 heteroatoms. The fraction of sp³-hybridized carbons (Fsp3) is 0.320. The molecule has 1 aliphatic heterocycles. The third kappa shape index (κ3) is 4.61. The summed E-state index contributed by atoms with van der Waals surface area (Å²) in [6.45, 7) is 7.68. The molecule has 8 nitrogen and oxygen atoms in total. The average Bonchev–Trinajstić information content (AvgIpc) is 3.47. The van der Waals surface area contributed by atoms with Crippen LogP contribution in [0.5, 0.6) is 11.5 Å². The number of fused-ring (bicyclic) bond motifs is 1. The van der Waals surface area contributed by atoms with Crippen molar-refractivity contribution < 1.29 is 18.7 Å². The Balaban J connectivity index is 1.30. The van der Waals surface area contributed by atoms with Gasteiger partial charge in [-0.15, -0.1) is 0 Å². The molecule has 2 aromatic heterocycles. The predicted octanol–water partition coefficient (Wildman–Crippen LogP) is 5.06. The normalized spacial score (nSPS) is 15.5. The van der Waals surface area contributed by atoms with E-state index in [-0.39, 0.29) is 12.2 Å². The van der Waals surface area contributed by atoms with E-state index in [1.165, 1.54) is 0 Å². The van der Waals surface area contributed by atoms with Gasteiger partial charge < -0.3 is 18.7 Å². The van der Waals surface area contributed by atoms with Crippen LogP contribution in [-0.2, 0) is 17.9 Å². The molecule has 4 aromatic rings. The summed E-state index contributed by atoms with van der Waals surface area (Å²) in [6.07, 6.45) is 0.0448. The van der Waals surface area contributed by atoms with Crippen LogP contribution in [0.3, 0.4) is 0 Å². The van der Waals surface area contributed by atoms with Crippen molar-refractivity contribution in [3.8, 4) is 34.5 Å². The predicted molar refractivity (Wildman–Crippen MR) is 122 cm³/mol. The minimum atomic E-state index is -0.0780. The molecule has 0 spiro atoms. The monoisotopic (exact) mass is 446 g/mol. The van der Waals surface area contributed by atoms with Gasteiger partial charge in [0, 0.05) is 5.56 Å². The highest BCUT2D eigenvalue weighted by atomic mass is 16.5. The SMILES string of the molecule is CCOc1ccc(C2Cn3nc(-c4nc(-c5ccc(OC(C)C)cc5)no4)cc3CO2)cc1. The molecular formula is C25H26N4O4. The van der Waals surface area contributed by atoms with Gasteiger partial charge in [-0.1, -0.05) is 17.3 Å². The van der Waals surface area contributed by atoms with Crippen LogP contribution in [0.1, 0.15) is 38.1 Å². The zero-order chi connectivity index (χ0) is 22.8. The van der Waals surface area contributed by atoms with Crippen molar-refractivity contribution in [2.45, 2.75) is 46.1 Å². The van der Waals surface area contributed by atoms with E-state index < -0.39 is 0 Å². The second-order valence-corrected chi connectivity index (χ2v) is 8.12. The summed E-state index contributed by atoms with van der Waals surface area (Å²) in [6, 6.07) is 17.6.